The number of rotatable bonds is 1. The van der Waals surface area contributed by atoms with E-state index < -0.39 is 11.6 Å². The topological polar surface area (TPSA) is 15.8 Å². The molecule has 1 aromatic carbocycles. The van der Waals surface area contributed by atoms with Crippen LogP contribution in [0, 0.1) is 11.6 Å². The Morgan fingerprint density at radius 2 is 1.88 bits per heavy atom. The molecule has 80 valence electrons. The second-order valence-corrected chi connectivity index (χ2v) is 4.43. The lowest BCUT2D eigenvalue weighted by molar-refractivity contribution is 0.616. The molecule has 3 rings (SSSR count). The van der Waals surface area contributed by atoms with Gasteiger partial charge in [-0.05, 0) is 29.6 Å². The second-order valence-electron chi connectivity index (χ2n) is 3.48. The summed E-state index contributed by atoms with van der Waals surface area (Å²) in [5, 5.41) is 2.22. The summed E-state index contributed by atoms with van der Waals surface area (Å²) >= 11 is 1.53. The molecule has 4 heteroatoms. The van der Waals surface area contributed by atoms with Gasteiger partial charge in [-0.2, -0.15) is 0 Å². The van der Waals surface area contributed by atoms with Crippen LogP contribution in [0.1, 0.15) is 0 Å². The first-order valence-corrected chi connectivity index (χ1v) is 5.64. The smallest absolute Gasteiger partial charge is 0.147 e. The van der Waals surface area contributed by atoms with Gasteiger partial charge in [0.2, 0.25) is 0 Å². The predicted molar refractivity (Wildman–Crippen MR) is 61.5 cm³/mol. The van der Waals surface area contributed by atoms with Crippen LogP contribution in [0.3, 0.4) is 0 Å². The number of aromatic nitrogens is 1. The van der Waals surface area contributed by atoms with E-state index in [0.717, 1.165) is 22.7 Å². The van der Waals surface area contributed by atoms with Gasteiger partial charge in [-0.15, -0.1) is 11.3 Å². The minimum Gasteiger partial charge on any atom is -0.351 e. The van der Waals surface area contributed by atoms with E-state index in [4.69, 9.17) is 0 Å². The first kappa shape index (κ1) is 9.54. The minimum atomic E-state index is -0.431. The maximum Gasteiger partial charge on any atom is 0.147 e. The van der Waals surface area contributed by atoms with Crippen molar-refractivity contribution in [3.8, 4) is 10.6 Å². The molecule has 0 unspecified atom stereocenters. The zero-order valence-electron chi connectivity index (χ0n) is 8.13. The van der Waals surface area contributed by atoms with Crippen LogP contribution in [0.4, 0.5) is 8.78 Å². The summed E-state index contributed by atoms with van der Waals surface area (Å²) in [4.78, 5) is 3.87. The van der Waals surface area contributed by atoms with E-state index in [1.54, 1.807) is 6.07 Å². The van der Waals surface area contributed by atoms with Crippen molar-refractivity contribution in [2.24, 2.45) is 0 Å². The third-order valence-electron chi connectivity index (χ3n) is 2.48. The van der Waals surface area contributed by atoms with Gasteiger partial charge in [-0.25, -0.2) is 8.78 Å². The fourth-order valence-electron chi connectivity index (χ4n) is 1.72. The van der Waals surface area contributed by atoms with Crippen molar-refractivity contribution in [2.45, 2.75) is 0 Å². The number of H-pyrrole nitrogens is 1. The minimum absolute atomic E-state index is 0.225. The van der Waals surface area contributed by atoms with E-state index in [0.29, 0.717) is 5.39 Å². The third kappa shape index (κ3) is 1.34. The van der Waals surface area contributed by atoms with Crippen molar-refractivity contribution in [3.05, 3.63) is 47.3 Å². The van der Waals surface area contributed by atoms with Crippen molar-refractivity contribution in [1.29, 1.82) is 0 Å². The summed E-state index contributed by atoms with van der Waals surface area (Å²) in [5.74, 6) is -0.838. The molecular formula is C12H7F2NS. The molecule has 0 saturated carbocycles. The molecule has 0 spiro atoms. The fourth-order valence-corrected chi connectivity index (χ4v) is 2.41. The third-order valence-corrected chi connectivity index (χ3v) is 3.38. The molecule has 0 fully saturated rings. The van der Waals surface area contributed by atoms with E-state index in [9.17, 15) is 8.78 Å². The average Bonchev–Trinajstić information content (AvgIpc) is 2.90. The summed E-state index contributed by atoms with van der Waals surface area (Å²) in [7, 11) is 0. The average molecular weight is 235 g/mol. The highest BCUT2D eigenvalue weighted by Crippen LogP contribution is 2.29. The number of fused-ring (bicyclic) bond motifs is 1. The number of halogens is 2. The predicted octanol–water partition coefficient (Wildman–Crippen LogP) is 4.17. The molecule has 0 radical (unpaired) electrons. The first-order chi connectivity index (χ1) is 7.75. The van der Waals surface area contributed by atoms with Gasteiger partial charge in [0, 0.05) is 5.39 Å². The maximum absolute atomic E-state index is 13.4. The van der Waals surface area contributed by atoms with Gasteiger partial charge in [0.05, 0.1) is 16.1 Å². The lowest BCUT2D eigenvalue weighted by Crippen LogP contribution is -1.80. The molecular weight excluding hydrogens is 228 g/mol. The molecule has 0 aliphatic carbocycles. The Hall–Kier alpha value is -1.68. The Labute approximate surface area is 94.4 Å². The Bertz CT molecular complexity index is 601. The zero-order valence-corrected chi connectivity index (χ0v) is 8.94. The van der Waals surface area contributed by atoms with Crippen LogP contribution in [-0.4, -0.2) is 4.98 Å². The molecule has 0 saturated heterocycles. The van der Waals surface area contributed by atoms with E-state index in [1.165, 1.54) is 11.3 Å². The Balaban J connectivity index is 2.31. The van der Waals surface area contributed by atoms with E-state index >= 15 is 0 Å². The van der Waals surface area contributed by atoms with Crippen LogP contribution in [0.2, 0.25) is 0 Å². The van der Waals surface area contributed by atoms with E-state index in [1.807, 2.05) is 17.5 Å². The van der Waals surface area contributed by atoms with Crippen molar-refractivity contribution in [2.75, 3.05) is 0 Å². The molecule has 0 amide bonds. The summed E-state index contributed by atoms with van der Waals surface area (Å²) in [6.07, 6.45) is 0. The van der Waals surface area contributed by atoms with Crippen molar-refractivity contribution in [3.63, 3.8) is 0 Å². The highest BCUT2D eigenvalue weighted by atomic mass is 32.1. The van der Waals surface area contributed by atoms with Gasteiger partial charge < -0.3 is 4.98 Å². The number of nitrogens with one attached hydrogen (secondary N) is 1. The van der Waals surface area contributed by atoms with Gasteiger partial charge >= 0.3 is 0 Å². The van der Waals surface area contributed by atoms with Gasteiger partial charge in [0.15, 0.2) is 0 Å². The maximum atomic E-state index is 13.4. The second kappa shape index (κ2) is 3.42. The van der Waals surface area contributed by atoms with E-state index in [2.05, 4.69) is 4.98 Å². The standard InChI is InChI=1S/C12H7F2NS/c13-8-3-4-9(14)12-7(8)6-10(15-12)11-2-1-5-16-11/h1-6,15H. The molecule has 0 bridgehead atoms. The van der Waals surface area contributed by atoms with Crippen molar-refractivity contribution < 1.29 is 8.78 Å². The molecule has 0 atom stereocenters. The number of aromatic amines is 1. The molecule has 0 aliphatic heterocycles. The number of hydrogen-bond acceptors (Lipinski definition) is 1. The van der Waals surface area contributed by atoms with Crippen molar-refractivity contribution in [1.82, 2.24) is 4.98 Å². The van der Waals surface area contributed by atoms with Gasteiger partial charge in [-0.1, -0.05) is 6.07 Å². The first-order valence-electron chi connectivity index (χ1n) is 4.76. The molecule has 16 heavy (non-hydrogen) atoms. The lowest BCUT2D eigenvalue weighted by Gasteiger charge is -1.92. The van der Waals surface area contributed by atoms with Crippen LogP contribution in [0.15, 0.2) is 35.7 Å². The molecule has 3 aromatic rings. The van der Waals surface area contributed by atoms with Crippen LogP contribution < -0.4 is 0 Å². The number of benzene rings is 1. The highest BCUT2D eigenvalue weighted by molar-refractivity contribution is 7.13. The molecule has 1 N–H and O–H groups in total. The summed E-state index contributed by atoms with van der Waals surface area (Å²) in [6, 6.07) is 7.72. The quantitative estimate of drug-likeness (QED) is 0.651. The normalized spacial score (nSPS) is 11.1. The fraction of sp³-hybridized carbons (Fsp3) is 0. The SMILES string of the molecule is Fc1ccc(F)c2[nH]c(-c3cccs3)cc12. The van der Waals surface area contributed by atoms with Crippen LogP contribution in [0.25, 0.3) is 21.5 Å². The van der Waals surface area contributed by atoms with Gasteiger partial charge in [-0.3, -0.25) is 0 Å². The lowest BCUT2D eigenvalue weighted by atomic mass is 10.2. The molecule has 1 nitrogen and oxygen atoms in total. The number of hydrogen-bond donors (Lipinski definition) is 1. The Morgan fingerprint density at radius 1 is 1.06 bits per heavy atom. The van der Waals surface area contributed by atoms with Crippen LogP contribution in [0.5, 0.6) is 0 Å². The Kier molecular flexibility index (Phi) is 2.04. The van der Waals surface area contributed by atoms with Gasteiger partial charge in [0.25, 0.3) is 0 Å². The summed E-state index contributed by atoms with van der Waals surface area (Å²) < 4.78 is 26.9. The van der Waals surface area contributed by atoms with Crippen molar-refractivity contribution >= 4 is 22.2 Å². The summed E-state index contributed by atoms with van der Waals surface area (Å²) in [6.45, 7) is 0. The molecule has 2 aromatic heterocycles. The monoisotopic (exact) mass is 235 g/mol. The van der Waals surface area contributed by atoms with E-state index in [-0.39, 0.29) is 5.52 Å². The van der Waals surface area contributed by atoms with Crippen LogP contribution in [-0.2, 0) is 0 Å². The Morgan fingerprint density at radius 3 is 2.56 bits per heavy atom. The summed E-state index contributed by atoms with van der Waals surface area (Å²) in [5.41, 5.74) is 0.970. The van der Waals surface area contributed by atoms with Crippen LogP contribution >= 0.6 is 11.3 Å². The molecule has 2 heterocycles. The highest BCUT2D eigenvalue weighted by Gasteiger charge is 2.11. The van der Waals surface area contributed by atoms with Gasteiger partial charge in [0.1, 0.15) is 11.6 Å². The zero-order chi connectivity index (χ0) is 11.1. The largest absolute Gasteiger partial charge is 0.351 e. The number of thiophene rings is 1. The molecule has 0 aliphatic rings.